The maximum atomic E-state index is 6.40. The zero-order valence-corrected chi connectivity index (χ0v) is 25.3. The third kappa shape index (κ3) is 4.98. The molecule has 6 aromatic rings. The van der Waals surface area contributed by atoms with Gasteiger partial charge in [0.2, 0.25) is 13.6 Å². The number of hydrogen-bond donors (Lipinski definition) is 0. The van der Waals surface area contributed by atoms with Gasteiger partial charge in [0.15, 0.2) is 58.3 Å². The van der Waals surface area contributed by atoms with Crippen molar-refractivity contribution in [2.45, 2.75) is 12.8 Å². The predicted molar refractivity (Wildman–Crippen MR) is 168 cm³/mol. The largest absolute Gasteiger partial charge is 0.493 e. The van der Waals surface area contributed by atoms with Gasteiger partial charge >= 0.3 is 0 Å². The second-order valence-corrected chi connectivity index (χ2v) is 11.4. The topological polar surface area (TPSA) is 63.1 Å². The van der Waals surface area contributed by atoms with Gasteiger partial charge in [-0.25, -0.2) is 9.13 Å². The minimum atomic E-state index is 0.252. The number of aryl methyl sites for hydroxylation is 2. The maximum Gasteiger partial charge on any atom is 0.231 e. The van der Waals surface area contributed by atoms with Crippen LogP contribution >= 0.6 is 0 Å². The van der Waals surface area contributed by atoms with Gasteiger partial charge in [-0.15, -0.1) is 0 Å². The van der Waals surface area contributed by atoms with Crippen molar-refractivity contribution in [2.75, 3.05) is 20.7 Å². The summed E-state index contributed by atoms with van der Waals surface area (Å²) in [7, 11) is 5.80. The Morgan fingerprint density at radius 1 is 0.578 bits per heavy atom. The fourth-order valence-electron chi connectivity index (χ4n) is 6.17. The highest BCUT2D eigenvalue weighted by atomic mass is 16.7. The van der Waals surface area contributed by atoms with Crippen LogP contribution in [-0.4, -0.2) is 20.7 Å². The van der Waals surface area contributed by atoms with Crippen LogP contribution in [0, 0.1) is 0 Å². The molecule has 0 bridgehead atoms. The van der Waals surface area contributed by atoms with Gasteiger partial charge in [-0.3, -0.25) is 0 Å². The summed E-state index contributed by atoms with van der Waals surface area (Å²) in [5.41, 5.74) is 4.64. The summed E-state index contributed by atoms with van der Waals surface area (Å²) in [6.07, 6.45) is 5.63. The summed E-state index contributed by atoms with van der Waals surface area (Å²) < 4.78 is 38.9. The van der Waals surface area contributed by atoms with Crippen molar-refractivity contribution in [1.29, 1.82) is 0 Å². The Morgan fingerprint density at radius 3 is 1.64 bits per heavy atom. The molecule has 0 atom stereocenters. The van der Waals surface area contributed by atoms with Gasteiger partial charge in [0.25, 0.3) is 0 Å². The molecule has 4 aromatic carbocycles. The molecule has 0 fully saturated rings. The van der Waals surface area contributed by atoms with Crippen LogP contribution in [0.3, 0.4) is 0 Å². The Bertz CT molecular complexity index is 2110. The fourth-order valence-corrected chi connectivity index (χ4v) is 6.17. The van der Waals surface area contributed by atoms with E-state index in [9.17, 15) is 0 Å². The summed E-state index contributed by atoms with van der Waals surface area (Å²) in [5.74, 6) is 5.22. The molecule has 45 heavy (non-hydrogen) atoms. The van der Waals surface area contributed by atoms with Gasteiger partial charge in [-0.2, -0.15) is 0 Å². The summed E-state index contributed by atoms with van der Waals surface area (Å²) in [6.45, 7) is 0.513. The number of methoxy groups -OCH3 is 1. The number of hydrogen-bond acceptors (Lipinski definition) is 6. The lowest BCUT2D eigenvalue weighted by atomic mass is 10.0. The molecular weight excluding hydrogens is 568 g/mol. The molecular formula is C37H32N2O6+2. The van der Waals surface area contributed by atoms with Crippen LogP contribution in [0.5, 0.6) is 40.2 Å². The van der Waals surface area contributed by atoms with E-state index in [2.05, 4.69) is 90.2 Å². The van der Waals surface area contributed by atoms with Crippen LogP contribution in [0.15, 0.2) is 91.3 Å². The minimum absolute atomic E-state index is 0.252. The SMILES string of the molecule is COc1ccc(Cc2c3cc4c(cc3cc[n+]2C)OCO4)cc1Oc1ccc(Cc2c3cc4c(cc3cc[n+]2C)OCO4)cc1. The first-order valence-corrected chi connectivity index (χ1v) is 14.9. The lowest BCUT2D eigenvalue weighted by molar-refractivity contribution is -0.677. The highest BCUT2D eigenvalue weighted by Gasteiger charge is 2.22. The molecule has 4 heterocycles. The van der Waals surface area contributed by atoms with E-state index in [1.165, 1.54) is 11.3 Å². The molecule has 0 amide bonds. The Labute approximate surface area is 260 Å². The van der Waals surface area contributed by atoms with Crippen molar-refractivity contribution < 1.29 is 37.6 Å². The van der Waals surface area contributed by atoms with Gasteiger partial charge in [-0.05, 0) is 70.4 Å². The van der Waals surface area contributed by atoms with Crippen molar-refractivity contribution in [2.24, 2.45) is 14.1 Å². The van der Waals surface area contributed by atoms with Crippen molar-refractivity contribution in [1.82, 2.24) is 0 Å². The van der Waals surface area contributed by atoms with Crippen molar-refractivity contribution in [3.05, 3.63) is 114 Å². The molecule has 8 rings (SSSR count). The highest BCUT2D eigenvalue weighted by Crippen LogP contribution is 2.39. The molecule has 0 unspecified atom stereocenters. The fraction of sp³-hybridized carbons (Fsp3) is 0.189. The van der Waals surface area contributed by atoms with Crippen LogP contribution < -0.4 is 37.6 Å². The highest BCUT2D eigenvalue weighted by molar-refractivity contribution is 5.88. The lowest BCUT2D eigenvalue weighted by Gasteiger charge is -2.13. The number of fused-ring (bicyclic) bond motifs is 4. The predicted octanol–water partition coefficient (Wildman–Crippen LogP) is 6.08. The number of nitrogens with zero attached hydrogens (tertiary/aromatic N) is 2. The van der Waals surface area contributed by atoms with E-state index in [-0.39, 0.29) is 13.6 Å². The maximum absolute atomic E-state index is 6.40. The molecule has 224 valence electrons. The molecule has 0 saturated heterocycles. The average Bonchev–Trinajstić information content (AvgIpc) is 3.72. The molecule has 0 radical (unpaired) electrons. The molecule has 2 aliphatic heterocycles. The summed E-state index contributed by atoms with van der Waals surface area (Å²) >= 11 is 0. The zero-order valence-electron chi connectivity index (χ0n) is 25.3. The molecule has 0 aliphatic carbocycles. The van der Waals surface area contributed by atoms with E-state index >= 15 is 0 Å². The second kappa shape index (κ2) is 10.9. The number of rotatable bonds is 7. The van der Waals surface area contributed by atoms with Crippen LogP contribution in [-0.2, 0) is 26.9 Å². The Balaban J connectivity index is 1.05. The smallest absolute Gasteiger partial charge is 0.231 e. The normalized spacial score (nSPS) is 13.0. The third-order valence-electron chi connectivity index (χ3n) is 8.64. The summed E-state index contributed by atoms with van der Waals surface area (Å²) in [5, 5.41) is 4.52. The zero-order chi connectivity index (χ0) is 30.5. The monoisotopic (exact) mass is 600 g/mol. The van der Waals surface area contributed by atoms with Gasteiger partial charge < -0.3 is 28.4 Å². The average molecular weight is 601 g/mol. The molecule has 0 N–H and O–H groups in total. The van der Waals surface area contributed by atoms with Gasteiger partial charge in [0.05, 0.1) is 30.7 Å². The summed E-state index contributed by atoms with van der Waals surface area (Å²) in [4.78, 5) is 0. The first-order valence-electron chi connectivity index (χ1n) is 14.9. The van der Waals surface area contributed by atoms with Gasteiger partial charge in [0.1, 0.15) is 19.8 Å². The van der Waals surface area contributed by atoms with Crippen molar-refractivity contribution in [3.8, 4) is 40.2 Å². The minimum Gasteiger partial charge on any atom is -0.493 e. The Hall–Kier alpha value is -5.50. The van der Waals surface area contributed by atoms with Crippen molar-refractivity contribution >= 4 is 21.5 Å². The lowest BCUT2D eigenvalue weighted by Crippen LogP contribution is -2.33. The third-order valence-corrected chi connectivity index (χ3v) is 8.64. The van der Waals surface area contributed by atoms with E-state index in [1.54, 1.807) is 7.11 Å². The molecule has 8 heteroatoms. The van der Waals surface area contributed by atoms with E-state index in [0.29, 0.717) is 17.9 Å². The molecule has 8 nitrogen and oxygen atoms in total. The molecule has 0 saturated carbocycles. The second-order valence-electron chi connectivity index (χ2n) is 11.4. The Morgan fingerprint density at radius 2 is 1.09 bits per heavy atom. The standard InChI is InChI=1S/C37H32N2O6/c1-38-12-10-25-17-33-35(43-21-41-33)19-28(25)30(38)14-23-4-7-27(8-5-23)45-37-16-24(6-9-32(37)40-3)15-31-29-20-36-34(42-22-44-36)18-26(29)11-13-39(31)2/h4-13,16-20H,14-15,21-22H2,1-3H3/q+2. The number of pyridine rings is 2. The van der Waals surface area contributed by atoms with Gasteiger partial charge in [-0.1, -0.05) is 18.2 Å². The summed E-state index contributed by atoms with van der Waals surface area (Å²) in [6, 6.07) is 26.8. The van der Waals surface area contributed by atoms with Crippen LogP contribution in [0.2, 0.25) is 0 Å². The van der Waals surface area contributed by atoms with Crippen LogP contribution in [0.1, 0.15) is 22.5 Å². The van der Waals surface area contributed by atoms with Crippen LogP contribution in [0.25, 0.3) is 21.5 Å². The quantitative estimate of drug-likeness (QED) is 0.207. The first kappa shape index (κ1) is 27.1. The van der Waals surface area contributed by atoms with E-state index < -0.39 is 0 Å². The van der Waals surface area contributed by atoms with Crippen LogP contribution in [0.4, 0.5) is 0 Å². The van der Waals surface area contributed by atoms with E-state index in [1.807, 2.05) is 24.3 Å². The number of ether oxygens (including phenoxy) is 6. The van der Waals surface area contributed by atoms with E-state index in [0.717, 1.165) is 68.0 Å². The Kier molecular flexibility index (Phi) is 6.55. The molecule has 2 aromatic heterocycles. The molecule has 2 aliphatic rings. The van der Waals surface area contributed by atoms with Crippen molar-refractivity contribution in [3.63, 3.8) is 0 Å². The first-order chi connectivity index (χ1) is 22.0. The van der Waals surface area contributed by atoms with Gasteiger partial charge in [0, 0.05) is 12.1 Å². The van der Waals surface area contributed by atoms with E-state index in [4.69, 9.17) is 28.4 Å². The molecule has 0 spiro atoms. The number of aromatic nitrogens is 2. The number of benzene rings is 4.